The molecule has 1 saturated heterocycles. The highest BCUT2D eigenvalue weighted by atomic mass is 19.4. The summed E-state index contributed by atoms with van der Waals surface area (Å²) in [5.41, 5.74) is 1.87. The SMILES string of the molecule is C=C(Nc1ccc(C(F)(F)F)cc1)N1CCC(COc2ccc3c(c2)CCC(=O)N3)CC1. The van der Waals surface area contributed by atoms with Crippen LogP contribution in [0.25, 0.3) is 0 Å². The van der Waals surface area contributed by atoms with E-state index in [1.807, 2.05) is 18.2 Å². The molecule has 2 N–H and O–H groups in total. The van der Waals surface area contributed by atoms with Crippen molar-refractivity contribution in [2.24, 2.45) is 5.92 Å². The molecular formula is C24H26F3N3O2. The molecule has 2 aliphatic heterocycles. The van der Waals surface area contributed by atoms with Crippen LogP contribution in [0.3, 0.4) is 0 Å². The van der Waals surface area contributed by atoms with Gasteiger partial charge in [-0.05, 0) is 73.2 Å². The zero-order chi connectivity index (χ0) is 22.7. The van der Waals surface area contributed by atoms with Gasteiger partial charge in [0, 0.05) is 30.9 Å². The molecule has 0 atom stereocenters. The van der Waals surface area contributed by atoms with Gasteiger partial charge in [-0.3, -0.25) is 4.79 Å². The van der Waals surface area contributed by atoms with E-state index in [0.29, 0.717) is 30.5 Å². The smallest absolute Gasteiger partial charge is 0.416 e. The van der Waals surface area contributed by atoms with E-state index in [4.69, 9.17) is 4.74 Å². The lowest BCUT2D eigenvalue weighted by atomic mass is 9.98. The van der Waals surface area contributed by atoms with Crippen LogP contribution in [-0.4, -0.2) is 30.5 Å². The van der Waals surface area contributed by atoms with Crippen LogP contribution in [0.4, 0.5) is 24.5 Å². The number of alkyl halides is 3. The summed E-state index contributed by atoms with van der Waals surface area (Å²) in [6, 6.07) is 10.7. The van der Waals surface area contributed by atoms with Gasteiger partial charge in [0.2, 0.25) is 5.91 Å². The Labute approximate surface area is 185 Å². The van der Waals surface area contributed by atoms with Crippen molar-refractivity contribution in [2.45, 2.75) is 31.9 Å². The monoisotopic (exact) mass is 445 g/mol. The summed E-state index contributed by atoms with van der Waals surface area (Å²) in [4.78, 5) is 13.6. The highest BCUT2D eigenvalue weighted by Gasteiger charge is 2.30. The molecule has 1 fully saturated rings. The van der Waals surface area contributed by atoms with Crippen LogP contribution >= 0.6 is 0 Å². The van der Waals surface area contributed by atoms with Crippen molar-refractivity contribution in [2.75, 3.05) is 30.3 Å². The molecule has 1 amide bonds. The Bertz CT molecular complexity index is 981. The zero-order valence-electron chi connectivity index (χ0n) is 17.7. The molecule has 2 heterocycles. The second-order valence-corrected chi connectivity index (χ2v) is 8.26. The molecule has 0 saturated carbocycles. The number of aryl methyl sites for hydroxylation is 1. The summed E-state index contributed by atoms with van der Waals surface area (Å²) in [6.45, 7) is 6.27. The Morgan fingerprint density at radius 1 is 1.12 bits per heavy atom. The maximum atomic E-state index is 12.7. The van der Waals surface area contributed by atoms with Crippen LogP contribution in [0, 0.1) is 5.92 Å². The molecule has 0 aromatic heterocycles. The normalized spacial score (nSPS) is 16.8. The number of benzene rings is 2. The van der Waals surface area contributed by atoms with Gasteiger partial charge in [0.25, 0.3) is 0 Å². The number of fused-ring (bicyclic) bond motifs is 1. The molecular weight excluding hydrogens is 419 g/mol. The molecule has 0 spiro atoms. The summed E-state index contributed by atoms with van der Waals surface area (Å²) < 4.78 is 44.1. The molecule has 170 valence electrons. The molecule has 8 heteroatoms. The molecule has 0 aliphatic carbocycles. The van der Waals surface area contributed by atoms with Crippen molar-refractivity contribution >= 4 is 17.3 Å². The Morgan fingerprint density at radius 2 is 1.84 bits per heavy atom. The van der Waals surface area contributed by atoms with Gasteiger partial charge >= 0.3 is 6.18 Å². The third kappa shape index (κ3) is 5.36. The van der Waals surface area contributed by atoms with Crippen LogP contribution in [0.2, 0.25) is 0 Å². The van der Waals surface area contributed by atoms with Gasteiger partial charge in [-0.15, -0.1) is 0 Å². The van der Waals surface area contributed by atoms with Crippen LogP contribution in [-0.2, 0) is 17.4 Å². The Morgan fingerprint density at radius 3 is 2.53 bits per heavy atom. The molecule has 0 radical (unpaired) electrons. The molecule has 2 aromatic carbocycles. The van der Waals surface area contributed by atoms with Gasteiger partial charge in [0.15, 0.2) is 0 Å². The van der Waals surface area contributed by atoms with E-state index < -0.39 is 11.7 Å². The average Bonchev–Trinajstić information content (AvgIpc) is 2.77. The molecule has 2 aliphatic rings. The Kier molecular flexibility index (Phi) is 6.30. The van der Waals surface area contributed by atoms with Gasteiger partial charge < -0.3 is 20.3 Å². The minimum atomic E-state index is -4.34. The zero-order valence-corrected chi connectivity index (χ0v) is 17.7. The van der Waals surface area contributed by atoms with Gasteiger partial charge in [-0.1, -0.05) is 6.58 Å². The number of piperidine rings is 1. The van der Waals surface area contributed by atoms with Crippen molar-refractivity contribution in [3.05, 3.63) is 66.0 Å². The number of hydrogen-bond donors (Lipinski definition) is 2. The van der Waals surface area contributed by atoms with E-state index in [1.165, 1.54) is 12.1 Å². The minimum absolute atomic E-state index is 0.0485. The lowest BCUT2D eigenvalue weighted by molar-refractivity contribution is -0.137. The van der Waals surface area contributed by atoms with E-state index >= 15 is 0 Å². The largest absolute Gasteiger partial charge is 0.493 e. The molecule has 4 rings (SSSR count). The number of rotatable bonds is 6. The van der Waals surface area contributed by atoms with E-state index in [9.17, 15) is 18.0 Å². The summed E-state index contributed by atoms with van der Waals surface area (Å²) in [6.07, 6.45) is -1.23. The van der Waals surface area contributed by atoms with E-state index in [1.54, 1.807) is 0 Å². The lowest BCUT2D eigenvalue weighted by Crippen LogP contribution is -2.36. The number of nitrogens with one attached hydrogen (secondary N) is 2. The number of ether oxygens (including phenoxy) is 1. The Hall–Kier alpha value is -3.16. The first-order valence-corrected chi connectivity index (χ1v) is 10.7. The predicted octanol–water partition coefficient (Wildman–Crippen LogP) is 5.26. The number of halogens is 3. The first kappa shape index (κ1) is 22.0. The molecule has 0 unspecified atom stereocenters. The van der Waals surface area contributed by atoms with E-state index in [2.05, 4.69) is 22.1 Å². The number of hydrogen-bond acceptors (Lipinski definition) is 4. The van der Waals surface area contributed by atoms with Gasteiger partial charge in [-0.25, -0.2) is 0 Å². The highest BCUT2D eigenvalue weighted by Crippen LogP contribution is 2.31. The van der Waals surface area contributed by atoms with Crippen LogP contribution in [0.15, 0.2) is 54.9 Å². The standard InChI is InChI=1S/C24H26F3N3O2/c1-16(28-20-5-3-19(4-6-20)24(25,26)27)30-12-10-17(11-13-30)15-32-21-7-8-22-18(14-21)2-9-23(31)29-22/h3-8,14,17,28H,1-2,9-13,15H2,(H,29,31). The third-order valence-corrected chi connectivity index (χ3v) is 5.96. The predicted molar refractivity (Wildman–Crippen MR) is 117 cm³/mol. The fourth-order valence-corrected chi connectivity index (χ4v) is 4.02. The quantitative estimate of drug-likeness (QED) is 0.637. The fraction of sp³-hybridized carbons (Fsp3) is 0.375. The number of carbonyl (C=O) groups excluding carboxylic acids is 1. The van der Waals surface area contributed by atoms with Gasteiger partial charge in [0.05, 0.1) is 18.0 Å². The molecule has 5 nitrogen and oxygen atoms in total. The fourth-order valence-electron chi connectivity index (χ4n) is 4.02. The first-order chi connectivity index (χ1) is 15.3. The van der Waals surface area contributed by atoms with Crippen molar-refractivity contribution < 1.29 is 22.7 Å². The molecule has 32 heavy (non-hydrogen) atoms. The number of nitrogens with zero attached hydrogens (tertiary/aromatic N) is 1. The number of carbonyl (C=O) groups is 1. The summed E-state index contributed by atoms with van der Waals surface area (Å²) in [5, 5.41) is 5.97. The van der Waals surface area contributed by atoms with Crippen molar-refractivity contribution in [3.63, 3.8) is 0 Å². The number of anilines is 2. The number of amides is 1. The van der Waals surface area contributed by atoms with Gasteiger partial charge in [-0.2, -0.15) is 13.2 Å². The van der Waals surface area contributed by atoms with Crippen LogP contribution in [0.1, 0.15) is 30.4 Å². The summed E-state index contributed by atoms with van der Waals surface area (Å²) in [5.74, 6) is 1.96. The average molecular weight is 445 g/mol. The third-order valence-electron chi connectivity index (χ3n) is 5.96. The molecule has 2 aromatic rings. The highest BCUT2D eigenvalue weighted by molar-refractivity contribution is 5.94. The van der Waals surface area contributed by atoms with Crippen LogP contribution < -0.4 is 15.4 Å². The summed E-state index contributed by atoms with van der Waals surface area (Å²) in [7, 11) is 0. The van der Waals surface area contributed by atoms with Crippen molar-refractivity contribution in [1.82, 2.24) is 4.90 Å². The van der Waals surface area contributed by atoms with E-state index in [0.717, 1.165) is 61.5 Å². The maximum absolute atomic E-state index is 12.7. The minimum Gasteiger partial charge on any atom is -0.493 e. The molecule has 0 bridgehead atoms. The summed E-state index contributed by atoms with van der Waals surface area (Å²) >= 11 is 0. The second-order valence-electron chi connectivity index (χ2n) is 8.26. The lowest BCUT2D eigenvalue weighted by Gasteiger charge is -2.34. The Balaban J connectivity index is 1.23. The van der Waals surface area contributed by atoms with Crippen LogP contribution in [0.5, 0.6) is 5.75 Å². The number of likely N-dealkylation sites (tertiary alicyclic amines) is 1. The van der Waals surface area contributed by atoms with Crippen molar-refractivity contribution in [3.8, 4) is 5.75 Å². The van der Waals surface area contributed by atoms with Crippen molar-refractivity contribution in [1.29, 1.82) is 0 Å². The van der Waals surface area contributed by atoms with Gasteiger partial charge in [0.1, 0.15) is 5.75 Å². The topological polar surface area (TPSA) is 53.6 Å². The van der Waals surface area contributed by atoms with E-state index in [-0.39, 0.29) is 5.91 Å². The maximum Gasteiger partial charge on any atom is 0.416 e. The second kappa shape index (κ2) is 9.14. The first-order valence-electron chi connectivity index (χ1n) is 10.7.